The second-order valence-electron chi connectivity index (χ2n) is 9.24. The molecule has 0 spiro atoms. The minimum atomic E-state index is -0.299. The summed E-state index contributed by atoms with van der Waals surface area (Å²) in [7, 11) is 0. The van der Waals surface area contributed by atoms with Crippen LogP contribution < -0.4 is 5.32 Å². The van der Waals surface area contributed by atoms with Crippen molar-refractivity contribution >= 4 is 23.4 Å². The number of hydrogen-bond acceptors (Lipinski definition) is 4. The third-order valence-corrected chi connectivity index (χ3v) is 5.91. The van der Waals surface area contributed by atoms with E-state index < -0.39 is 0 Å². The fraction of sp³-hybridized carbons (Fsp3) is 0.500. The predicted octanol–water partition coefficient (Wildman–Crippen LogP) is 4.29. The summed E-state index contributed by atoms with van der Waals surface area (Å²) in [5.41, 5.74) is 1.31. The fourth-order valence-corrected chi connectivity index (χ4v) is 4.67. The minimum absolute atomic E-state index is 0.0472. The second-order valence-corrected chi connectivity index (χ2v) is 9.68. The summed E-state index contributed by atoms with van der Waals surface area (Å²) in [5.74, 6) is 0.0477. The Bertz CT molecular complexity index is 933. The molecule has 2 amide bonds. The van der Waals surface area contributed by atoms with E-state index in [2.05, 4.69) is 31.2 Å². The lowest BCUT2D eigenvalue weighted by molar-refractivity contribution is -0.134. The first-order valence-corrected chi connectivity index (χ1v) is 10.4. The van der Waals surface area contributed by atoms with E-state index >= 15 is 0 Å². The van der Waals surface area contributed by atoms with Gasteiger partial charge in [0, 0.05) is 29.1 Å². The van der Waals surface area contributed by atoms with E-state index in [0.29, 0.717) is 17.1 Å². The summed E-state index contributed by atoms with van der Waals surface area (Å²) in [6.45, 7) is 6.22. The Labute approximate surface area is 175 Å². The molecule has 3 unspecified atom stereocenters. The highest BCUT2D eigenvalue weighted by atomic mass is 35.5. The van der Waals surface area contributed by atoms with E-state index in [-0.39, 0.29) is 41.1 Å². The molecule has 2 saturated heterocycles. The van der Waals surface area contributed by atoms with Crippen LogP contribution >= 0.6 is 11.6 Å². The molecule has 7 heteroatoms. The van der Waals surface area contributed by atoms with E-state index in [4.69, 9.17) is 16.1 Å². The molecule has 0 radical (unpaired) electrons. The molecule has 2 aliphatic heterocycles. The highest BCUT2D eigenvalue weighted by molar-refractivity contribution is 6.30. The zero-order valence-electron chi connectivity index (χ0n) is 16.9. The molecule has 1 aromatic heterocycles. The molecule has 3 atom stereocenters. The van der Waals surface area contributed by atoms with Crippen molar-refractivity contribution in [2.45, 2.75) is 64.6 Å². The Hall–Kier alpha value is -2.34. The number of amides is 2. The van der Waals surface area contributed by atoms with Crippen LogP contribution in [0.5, 0.6) is 0 Å². The molecule has 0 aliphatic carbocycles. The van der Waals surface area contributed by atoms with Crippen LogP contribution in [0.3, 0.4) is 0 Å². The molecule has 29 heavy (non-hydrogen) atoms. The van der Waals surface area contributed by atoms with Crippen LogP contribution in [0, 0.1) is 5.41 Å². The maximum absolute atomic E-state index is 12.8. The van der Waals surface area contributed by atoms with Crippen LogP contribution in [-0.2, 0) is 4.79 Å². The molecule has 1 N–H and O–H groups in total. The largest absolute Gasteiger partial charge is 0.350 e. The Morgan fingerprint density at radius 3 is 2.79 bits per heavy atom. The number of hydrogen-bond donors (Lipinski definition) is 1. The van der Waals surface area contributed by atoms with Gasteiger partial charge >= 0.3 is 0 Å². The van der Waals surface area contributed by atoms with Gasteiger partial charge in [0.15, 0.2) is 0 Å². The van der Waals surface area contributed by atoms with Crippen LogP contribution in [0.1, 0.15) is 57.0 Å². The lowest BCUT2D eigenvalue weighted by Crippen LogP contribution is -2.45. The van der Waals surface area contributed by atoms with Gasteiger partial charge in [-0.2, -0.15) is 0 Å². The van der Waals surface area contributed by atoms with Gasteiger partial charge < -0.3 is 14.7 Å². The molecule has 2 aromatic rings. The molecule has 154 valence electrons. The van der Waals surface area contributed by atoms with Gasteiger partial charge in [0.05, 0.1) is 12.1 Å². The first kappa shape index (κ1) is 20.0. The van der Waals surface area contributed by atoms with Crippen molar-refractivity contribution in [3.63, 3.8) is 0 Å². The fourth-order valence-electron chi connectivity index (χ4n) is 4.48. The van der Waals surface area contributed by atoms with Gasteiger partial charge in [0.2, 0.25) is 11.7 Å². The molecular weight excluding hydrogens is 390 g/mol. The van der Waals surface area contributed by atoms with Crippen molar-refractivity contribution in [2.24, 2.45) is 5.41 Å². The maximum Gasteiger partial charge on any atom is 0.290 e. The SMILES string of the molecule is CC(C)(C)CC(=O)N1C2CCC1C(NC(=O)c1cc(-c3cccc(Cl)c3)no1)C2. The van der Waals surface area contributed by atoms with Crippen molar-refractivity contribution < 1.29 is 14.1 Å². The third kappa shape index (κ3) is 4.17. The van der Waals surface area contributed by atoms with Gasteiger partial charge in [0.25, 0.3) is 5.91 Å². The van der Waals surface area contributed by atoms with E-state index in [1.165, 1.54) is 0 Å². The monoisotopic (exact) mass is 415 g/mol. The lowest BCUT2D eigenvalue weighted by atomic mass is 9.91. The zero-order valence-corrected chi connectivity index (χ0v) is 17.7. The number of rotatable bonds is 4. The van der Waals surface area contributed by atoms with Crippen LogP contribution in [0.4, 0.5) is 0 Å². The third-order valence-electron chi connectivity index (χ3n) is 5.68. The van der Waals surface area contributed by atoms with E-state index in [9.17, 15) is 9.59 Å². The number of aromatic nitrogens is 1. The van der Waals surface area contributed by atoms with Crippen LogP contribution in [0.15, 0.2) is 34.9 Å². The molecule has 4 rings (SSSR count). The highest BCUT2D eigenvalue weighted by Gasteiger charge is 2.49. The number of carbonyl (C=O) groups excluding carboxylic acids is 2. The summed E-state index contributed by atoms with van der Waals surface area (Å²) in [4.78, 5) is 27.5. The zero-order chi connectivity index (χ0) is 20.8. The van der Waals surface area contributed by atoms with Gasteiger partial charge in [-0.05, 0) is 36.8 Å². The lowest BCUT2D eigenvalue weighted by Gasteiger charge is -2.28. The number of benzene rings is 1. The number of nitrogens with zero attached hydrogens (tertiary/aromatic N) is 2. The van der Waals surface area contributed by atoms with Gasteiger partial charge in [-0.3, -0.25) is 9.59 Å². The molecule has 1 aromatic carbocycles. The van der Waals surface area contributed by atoms with Gasteiger partial charge in [0.1, 0.15) is 5.69 Å². The summed E-state index contributed by atoms with van der Waals surface area (Å²) in [5, 5.41) is 7.65. The van der Waals surface area contributed by atoms with Crippen molar-refractivity contribution in [1.82, 2.24) is 15.4 Å². The Morgan fingerprint density at radius 2 is 2.07 bits per heavy atom. The van der Waals surface area contributed by atoms with Crippen LogP contribution in [0.25, 0.3) is 11.3 Å². The standard InChI is InChI=1S/C22H26ClN3O3/c1-22(2,3)12-20(27)26-15-7-8-18(26)17(10-15)24-21(28)19-11-16(25-29-19)13-5-4-6-14(23)9-13/h4-6,9,11,15,17-18H,7-8,10,12H2,1-3H3,(H,24,28). The molecular formula is C22H26ClN3O3. The van der Waals surface area contributed by atoms with E-state index in [0.717, 1.165) is 24.8 Å². The van der Waals surface area contributed by atoms with Crippen molar-refractivity contribution in [3.8, 4) is 11.3 Å². The molecule has 3 heterocycles. The first-order chi connectivity index (χ1) is 13.7. The van der Waals surface area contributed by atoms with Crippen LogP contribution in [-0.4, -0.2) is 40.0 Å². The maximum atomic E-state index is 12.8. The Morgan fingerprint density at radius 1 is 1.28 bits per heavy atom. The van der Waals surface area contributed by atoms with Gasteiger partial charge in [-0.1, -0.05) is 49.7 Å². The molecule has 0 saturated carbocycles. The average Bonchev–Trinajstić information content (AvgIpc) is 3.34. The summed E-state index contributed by atoms with van der Waals surface area (Å²) in [6, 6.07) is 9.09. The van der Waals surface area contributed by atoms with E-state index in [1.807, 2.05) is 17.0 Å². The molecule has 2 bridgehead atoms. The Balaban J connectivity index is 1.43. The van der Waals surface area contributed by atoms with Gasteiger partial charge in [-0.15, -0.1) is 0 Å². The van der Waals surface area contributed by atoms with Gasteiger partial charge in [-0.25, -0.2) is 0 Å². The van der Waals surface area contributed by atoms with Crippen LogP contribution in [0.2, 0.25) is 5.02 Å². The number of nitrogens with one attached hydrogen (secondary N) is 1. The normalized spacial score (nSPS) is 23.4. The Kier molecular flexibility index (Phi) is 5.15. The molecule has 2 fully saturated rings. The smallest absolute Gasteiger partial charge is 0.290 e. The molecule has 2 aliphatic rings. The summed E-state index contributed by atoms with van der Waals surface area (Å²) < 4.78 is 5.27. The second kappa shape index (κ2) is 7.48. The minimum Gasteiger partial charge on any atom is -0.350 e. The predicted molar refractivity (Wildman–Crippen MR) is 111 cm³/mol. The summed E-state index contributed by atoms with van der Waals surface area (Å²) >= 11 is 6.02. The van der Waals surface area contributed by atoms with Crippen molar-refractivity contribution in [3.05, 3.63) is 41.1 Å². The van der Waals surface area contributed by atoms with E-state index in [1.54, 1.807) is 18.2 Å². The quantitative estimate of drug-likeness (QED) is 0.808. The summed E-state index contributed by atoms with van der Waals surface area (Å²) in [6.07, 6.45) is 3.25. The average molecular weight is 416 g/mol. The van der Waals surface area contributed by atoms with Crippen molar-refractivity contribution in [1.29, 1.82) is 0 Å². The van der Waals surface area contributed by atoms with Crippen molar-refractivity contribution in [2.75, 3.05) is 0 Å². The first-order valence-electron chi connectivity index (χ1n) is 10.1. The highest BCUT2D eigenvalue weighted by Crippen LogP contribution is 2.39. The number of halogens is 1. The molecule has 6 nitrogen and oxygen atoms in total. The topological polar surface area (TPSA) is 75.4 Å². The number of fused-ring (bicyclic) bond motifs is 2. The number of carbonyl (C=O) groups is 2.